The number of methoxy groups -OCH3 is 1. The lowest BCUT2D eigenvalue weighted by molar-refractivity contribution is -0.122. The van der Waals surface area contributed by atoms with Gasteiger partial charge in [-0.2, -0.15) is 0 Å². The topological polar surface area (TPSA) is 42.7 Å². The summed E-state index contributed by atoms with van der Waals surface area (Å²) in [5, 5.41) is 0.684. The highest BCUT2D eigenvalue weighted by Crippen LogP contribution is 2.35. The van der Waals surface area contributed by atoms with E-state index in [4.69, 9.17) is 33.0 Å². The number of hydrogen-bond acceptors (Lipinski definition) is 5. The Kier molecular flexibility index (Phi) is 5.99. The first-order chi connectivity index (χ1) is 14.4. The molecule has 1 aromatic heterocycles. The van der Waals surface area contributed by atoms with Gasteiger partial charge < -0.3 is 9.15 Å². The van der Waals surface area contributed by atoms with Crippen LogP contribution < -0.4 is 4.74 Å². The van der Waals surface area contributed by atoms with E-state index in [2.05, 4.69) is 0 Å². The van der Waals surface area contributed by atoms with Crippen molar-refractivity contribution in [1.29, 1.82) is 0 Å². The number of thioether (sulfide) groups is 1. The van der Waals surface area contributed by atoms with E-state index in [9.17, 15) is 4.79 Å². The van der Waals surface area contributed by atoms with Crippen LogP contribution in [0.15, 0.2) is 63.9 Å². The zero-order chi connectivity index (χ0) is 21.3. The average molecular weight is 456 g/mol. The predicted octanol–water partition coefficient (Wildman–Crippen LogP) is 6.32. The van der Waals surface area contributed by atoms with Crippen LogP contribution in [-0.2, 0) is 11.3 Å². The largest absolute Gasteiger partial charge is 0.497 e. The van der Waals surface area contributed by atoms with E-state index in [-0.39, 0.29) is 5.91 Å². The number of amides is 1. The maximum Gasteiger partial charge on any atom is 0.266 e. The molecule has 4 nitrogen and oxygen atoms in total. The molecule has 0 spiro atoms. The second kappa shape index (κ2) is 8.68. The molecule has 0 unspecified atom stereocenters. The number of furan rings is 1. The molecule has 0 N–H and O–H groups in total. The molecule has 0 saturated carbocycles. The number of hydrogen-bond donors (Lipinski definition) is 0. The van der Waals surface area contributed by atoms with Crippen molar-refractivity contribution >= 4 is 51.9 Å². The average Bonchev–Trinajstić information content (AvgIpc) is 3.29. The molecule has 1 saturated heterocycles. The van der Waals surface area contributed by atoms with E-state index in [0.29, 0.717) is 26.6 Å². The highest BCUT2D eigenvalue weighted by atomic mass is 35.5. The SMILES string of the molecule is COc1ccc(CN2C(=O)/C(=C\c3ccc(-c4ccc(Cl)cc4C)o3)SC2=S)cc1. The van der Waals surface area contributed by atoms with Gasteiger partial charge in [0.25, 0.3) is 5.91 Å². The first kappa shape index (κ1) is 20.7. The Morgan fingerprint density at radius 2 is 1.93 bits per heavy atom. The predicted molar refractivity (Wildman–Crippen MR) is 126 cm³/mol. The van der Waals surface area contributed by atoms with Crippen LogP contribution in [0, 0.1) is 6.92 Å². The molecule has 1 aliphatic heterocycles. The number of ether oxygens (including phenoxy) is 1. The lowest BCUT2D eigenvalue weighted by Gasteiger charge is -2.14. The Balaban J connectivity index is 1.52. The van der Waals surface area contributed by atoms with Gasteiger partial charge in [0, 0.05) is 16.7 Å². The van der Waals surface area contributed by atoms with Crippen LogP contribution in [0.3, 0.4) is 0 Å². The van der Waals surface area contributed by atoms with Crippen molar-refractivity contribution in [2.45, 2.75) is 13.5 Å². The second-order valence-electron chi connectivity index (χ2n) is 6.78. The number of benzene rings is 2. The molecule has 2 heterocycles. The molecule has 0 radical (unpaired) electrons. The third-order valence-electron chi connectivity index (χ3n) is 4.73. The fourth-order valence-corrected chi connectivity index (χ4v) is 4.62. The minimum absolute atomic E-state index is 0.124. The van der Waals surface area contributed by atoms with E-state index < -0.39 is 0 Å². The zero-order valence-electron chi connectivity index (χ0n) is 16.3. The minimum atomic E-state index is -0.124. The third-order valence-corrected chi connectivity index (χ3v) is 6.34. The monoisotopic (exact) mass is 455 g/mol. The Labute approximate surface area is 189 Å². The summed E-state index contributed by atoms with van der Waals surface area (Å²) in [6.45, 7) is 2.40. The van der Waals surface area contributed by atoms with Gasteiger partial charge in [-0.3, -0.25) is 9.69 Å². The summed E-state index contributed by atoms with van der Waals surface area (Å²) >= 11 is 12.7. The number of carbonyl (C=O) groups is 1. The summed E-state index contributed by atoms with van der Waals surface area (Å²) in [7, 11) is 1.62. The summed E-state index contributed by atoms with van der Waals surface area (Å²) in [5.41, 5.74) is 2.96. The number of thiocarbonyl (C=S) groups is 1. The minimum Gasteiger partial charge on any atom is -0.497 e. The van der Waals surface area contributed by atoms with Gasteiger partial charge in [-0.15, -0.1) is 0 Å². The first-order valence-corrected chi connectivity index (χ1v) is 10.8. The van der Waals surface area contributed by atoms with Gasteiger partial charge in [0.2, 0.25) is 0 Å². The summed E-state index contributed by atoms with van der Waals surface area (Å²) in [6.07, 6.45) is 1.74. The van der Waals surface area contributed by atoms with Crippen molar-refractivity contribution in [3.63, 3.8) is 0 Å². The van der Waals surface area contributed by atoms with Crippen molar-refractivity contribution in [2.75, 3.05) is 7.11 Å². The molecule has 7 heteroatoms. The molecule has 0 aliphatic carbocycles. The summed E-state index contributed by atoms with van der Waals surface area (Å²) in [6, 6.07) is 17.0. The number of nitrogens with zero attached hydrogens (tertiary/aromatic N) is 1. The molecular formula is C23H18ClNO3S2. The maximum absolute atomic E-state index is 12.9. The third kappa shape index (κ3) is 4.31. The molecule has 3 aromatic rings. The van der Waals surface area contributed by atoms with E-state index in [1.54, 1.807) is 18.1 Å². The second-order valence-corrected chi connectivity index (χ2v) is 8.89. The van der Waals surface area contributed by atoms with E-state index in [0.717, 1.165) is 28.2 Å². The highest BCUT2D eigenvalue weighted by Gasteiger charge is 2.32. The molecule has 1 amide bonds. The fourth-order valence-electron chi connectivity index (χ4n) is 3.16. The Bertz CT molecular complexity index is 1150. The van der Waals surface area contributed by atoms with Crippen LogP contribution in [0.1, 0.15) is 16.9 Å². The summed E-state index contributed by atoms with van der Waals surface area (Å²) in [4.78, 5) is 15.0. The lowest BCUT2D eigenvalue weighted by Crippen LogP contribution is -2.27. The van der Waals surface area contributed by atoms with Crippen LogP contribution >= 0.6 is 35.6 Å². The quantitative estimate of drug-likeness (QED) is 0.332. The number of carbonyl (C=O) groups excluding carboxylic acids is 1. The normalized spacial score (nSPS) is 15.3. The molecule has 1 aliphatic rings. The van der Waals surface area contributed by atoms with Crippen molar-refractivity contribution in [1.82, 2.24) is 4.90 Å². The van der Waals surface area contributed by atoms with Gasteiger partial charge in [0.15, 0.2) is 0 Å². The summed E-state index contributed by atoms with van der Waals surface area (Å²) in [5.74, 6) is 1.98. The Morgan fingerprint density at radius 1 is 1.17 bits per heavy atom. The molecule has 2 aromatic carbocycles. The molecule has 0 bridgehead atoms. The molecule has 30 heavy (non-hydrogen) atoms. The van der Waals surface area contributed by atoms with Gasteiger partial charge >= 0.3 is 0 Å². The van der Waals surface area contributed by atoms with Crippen LogP contribution in [-0.4, -0.2) is 22.2 Å². The Hall–Kier alpha value is -2.54. The van der Waals surface area contributed by atoms with Crippen molar-refractivity contribution in [3.05, 3.63) is 81.4 Å². The molecule has 0 atom stereocenters. The standard InChI is InChI=1S/C23H18ClNO3S2/c1-14-11-16(24)5-9-19(14)20-10-8-18(28-20)12-21-22(26)25(23(29)30-21)13-15-3-6-17(27-2)7-4-15/h3-12H,13H2,1-2H3/b21-12+. The Morgan fingerprint density at radius 3 is 2.63 bits per heavy atom. The number of aryl methyl sites for hydroxylation is 1. The van der Waals surface area contributed by atoms with Gasteiger partial charge in [-0.1, -0.05) is 47.7 Å². The van der Waals surface area contributed by atoms with E-state index in [1.165, 1.54) is 11.8 Å². The smallest absolute Gasteiger partial charge is 0.266 e. The van der Waals surface area contributed by atoms with Crippen LogP contribution in [0.5, 0.6) is 5.75 Å². The molecule has 152 valence electrons. The highest BCUT2D eigenvalue weighted by molar-refractivity contribution is 8.26. The van der Waals surface area contributed by atoms with Crippen molar-refractivity contribution in [2.24, 2.45) is 0 Å². The van der Waals surface area contributed by atoms with Crippen molar-refractivity contribution in [3.8, 4) is 17.1 Å². The van der Waals surface area contributed by atoms with Gasteiger partial charge in [-0.05, 0) is 60.5 Å². The van der Waals surface area contributed by atoms with Crippen molar-refractivity contribution < 1.29 is 13.9 Å². The fraction of sp³-hybridized carbons (Fsp3) is 0.130. The first-order valence-electron chi connectivity index (χ1n) is 9.19. The van der Waals surface area contributed by atoms with Gasteiger partial charge in [0.05, 0.1) is 18.6 Å². The zero-order valence-corrected chi connectivity index (χ0v) is 18.7. The van der Waals surface area contributed by atoms with Gasteiger partial charge in [-0.25, -0.2) is 0 Å². The summed E-state index contributed by atoms with van der Waals surface area (Å²) < 4.78 is 11.7. The molecular weight excluding hydrogens is 438 g/mol. The maximum atomic E-state index is 12.9. The van der Waals surface area contributed by atoms with Crippen LogP contribution in [0.4, 0.5) is 0 Å². The number of halogens is 1. The molecule has 4 rings (SSSR count). The molecule has 1 fully saturated rings. The van der Waals surface area contributed by atoms with E-state index in [1.807, 2.05) is 61.5 Å². The van der Waals surface area contributed by atoms with Crippen LogP contribution in [0.2, 0.25) is 5.02 Å². The van der Waals surface area contributed by atoms with E-state index >= 15 is 0 Å². The van der Waals surface area contributed by atoms with Gasteiger partial charge in [0.1, 0.15) is 21.6 Å². The lowest BCUT2D eigenvalue weighted by atomic mass is 10.1. The number of rotatable bonds is 5. The van der Waals surface area contributed by atoms with Crippen LogP contribution in [0.25, 0.3) is 17.4 Å².